The van der Waals surface area contributed by atoms with E-state index in [2.05, 4.69) is 27.0 Å². The molecule has 0 spiro atoms. The van der Waals surface area contributed by atoms with Gasteiger partial charge in [0.25, 0.3) is 0 Å². The van der Waals surface area contributed by atoms with Gasteiger partial charge in [0.2, 0.25) is 5.91 Å². The Kier molecular flexibility index (Phi) is 4.61. The quantitative estimate of drug-likeness (QED) is 0.660. The molecule has 128 valence electrons. The summed E-state index contributed by atoms with van der Waals surface area (Å²) in [7, 11) is 0. The molecule has 2 heterocycles. The van der Waals surface area contributed by atoms with Gasteiger partial charge in [-0.3, -0.25) is 4.79 Å². The molecule has 1 amide bonds. The molecule has 2 aromatic heterocycles. The van der Waals surface area contributed by atoms with E-state index in [-0.39, 0.29) is 5.91 Å². The lowest BCUT2D eigenvalue weighted by molar-refractivity contribution is -0.118. The summed E-state index contributed by atoms with van der Waals surface area (Å²) in [4.78, 5) is 16.5. The maximum Gasteiger partial charge on any atom is 0.230 e. The van der Waals surface area contributed by atoms with Crippen molar-refractivity contribution in [1.29, 1.82) is 0 Å². The molecule has 1 N–H and O–H groups in total. The first-order chi connectivity index (χ1) is 12.3. The Labute approximate surface area is 150 Å². The zero-order chi connectivity index (χ0) is 17.1. The maximum atomic E-state index is 12.0. The fourth-order valence-electron chi connectivity index (χ4n) is 2.65. The number of hydrogen-bond donors (Lipinski definition) is 1. The lowest BCUT2D eigenvalue weighted by Crippen LogP contribution is -2.27. The molecule has 5 nitrogen and oxygen atoms in total. The van der Waals surface area contributed by atoms with E-state index in [4.69, 9.17) is 4.42 Å². The van der Waals surface area contributed by atoms with E-state index >= 15 is 0 Å². The Bertz CT molecular complexity index is 839. The van der Waals surface area contributed by atoms with Gasteiger partial charge in [-0.2, -0.15) is 0 Å². The number of carbonyl (C=O) groups is 1. The summed E-state index contributed by atoms with van der Waals surface area (Å²) in [5, 5.41) is 3.83. The molecular formula is C19H19N3O2S. The van der Waals surface area contributed by atoms with Crippen LogP contribution in [-0.2, 0) is 11.3 Å². The van der Waals surface area contributed by atoms with E-state index in [1.54, 1.807) is 6.26 Å². The molecule has 1 aromatic carbocycles. The van der Waals surface area contributed by atoms with Gasteiger partial charge in [-0.05, 0) is 30.5 Å². The number of carbonyl (C=O) groups excluding carboxylic acids is 1. The van der Waals surface area contributed by atoms with Crippen molar-refractivity contribution in [2.24, 2.45) is 0 Å². The van der Waals surface area contributed by atoms with Gasteiger partial charge < -0.3 is 14.3 Å². The van der Waals surface area contributed by atoms with Crippen molar-refractivity contribution < 1.29 is 9.21 Å². The van der Waals surface area contributed by atoms with Crippen LogP contribution in [0.3, 0.4) is 0 Å². The molecule has 0 atom stereocenters. The molecule has 0 saturated heterocycles. The van der Waals surface area contributed by atoms with E-state index in [0.29, 0.717) is 18.3 Å². The number of hydrogen-bond acceptors (Lipinski definition) is 4. The smallest absolute Gasteiger partial charge is 0.230 e. The Morgan fingerprint density at radius 3 is 2.80 bits per heavy atom. The minimum Gasteiger partial charge on any atom is -0.467 e. The molecule has 1 aliphatic carbocycles. The molecule has 6 heteroatoms. The van der Waals surface area contributed by atoms with Crippen LogP contribution in [0.25, 0.3) is 11.3 Å². The van der Waals surface area contributed by atoms with Gasteiger partial charge >= 0.3 is 0 Å². The summed E-state index contributed by atoms with van der Waals surface area (Å²) in [6, 6.07) is 14.3. The van der Waals surface area contributed by atoms with Crippen LogP contribution in [0, 0.1) is 0 Å². The molecule has 25 heavy (non-hydrogen) atoms. The molecule has 3 aromatic rings. The SMILES string of the molecule is O=C(CSc1ncc(-c2ccccc2)n1Cc1ccco1)NC1CC1. The zero-order valence-corrected chi connectivity index (χ0v) is 14.5. The third kappa shape index (κ3) is 3.96. The van der Waals surface area contributed by atoms with Crippen molar-refractivity contribution in [3.63, 3.8) is 0 Å². The van der Waals surface area contributed by atoms with Crippen LogP contribution in [0.4, 0.5) is 0 Å². The van der Waals surface area contributed by atoms with Crippen LogP contribution in [0.2, 0.25) is 0 Å². The highest BCUT2D eigenvalue weighted by Crippen LogP contribution is 2.27. The highest BCUT2D eigenvalue weighted by atomic mass is 32.2. The number of rotatable bonds is 7. The molecular weight excluding hydrogens is 334 g/mol. The van der Waals surface area contributed by atoms with Gasteiger partial charge in [-0.15, -0.1) is 0 Å². The van der Waals surface area contributed by atoms with Crippen LogP contribution in [0.5, 0.6) is 0 Å². The predicted octanol–water partition coefficient (Wildman–Crippen LogP) is 3.56. The molecule has 0 bridgehead atoms. The topological polar surface area (TPSA) is 60.1 Å². The molecule has 0 aliphatic heterocycles. The normalized spacial score (nSPS) is 13.8. The Balaban J connectivity index is 1.56. The van der Waals surface area contributed by atoms with Crippen molar-refractivity contribution >= 4 is 17.7 Å². The van der Waals surface area contributed by atoms with Crippen molar-refractivity contribution in [3.05, 3.63) is 60.7 Å². The summed E-state index contributed by atoms with van der Waals surface area (Å²) in [6.45, 7) is 0.587. The van der Waals surface area contributed by atoms with Crippen LogP contribution in [0.1, 0.15) is 18.6 Å². The molecule has 1 fully saturated rings. The monoisotopic (exact) mass is 353 g/mol. The van der Waals surface area contributed by atoms with Gasteiger partial charge in [0.05, 0.1) is 30.5 Å². The fraction of sp³-hybridized carbons (Fsp3) is 0.263. The number of furan rings is 1. The molecule has 1 aliphatic rings. The Morgan fingerprint density at radius 1 is 1.24 bits per heavy atom. The highest BCUT2D eigenvalue weighted by Gasteiger charge is 2.23. The van der Waals surface area contributed by atoms with E-state index in [0.717, 1.165) is 35.0 Å². The van der Waals surface area contributed by atoms with Gasteiger partial charge in [-0.25, -0.2) is 4.98 Å². The molecule has 4 rings (SSSR count). The number of nitrogens with zero attached hydrogens (tertiary/aromatic N) is 2. The second kappa shape index (κ2) is 7.19. The number of amides is 1. The summed E-state index contributed by atoms with van der Waals surface area (Å²) < 4.78 is 7.60. The van der Waals surface area contributed by atoms with E-state index in [1.165, 1.54) is 11.8 Å². The van der Waals surface area contributed by atoms with Crippen molar-refractivity contribution in [2.75, 3.05) is 5.75 Å². The maximum absolute atomic E-state index is 12.0. The van der Waals surface area contributed by atoms with Gasteiger partial charge in [0, 0.05) is 6.04 Å². The molecule has 0 unspecified atom stereocenters. The summed E-state index contributed by atoms with van der Waals surface area (Å²) in [5.74, 6) is 1.31. The third-order valence-electron chi connectivity index (χ3n) is 4.06. The number of imidazole rings is 1. The number of nitrogens with one attached hydrogen (secondary N) is 1. The van der Waals surface area contributed by atoms with Gasteiger partial charge in [0.15, 0.2) is 5.16 Å². The number of thioether (sulfide) groups is 1. The lowest BCUT2D eigenvalue weighted by Gasteiger charge is -2.10. The number of benzene rings is 1. The van der Waals surface area contributed by atoms with Gasteiger partial charge in [0.1, 0.15) is 5.76 Å². The minimum absolute atomic E-state index is 0.0707. The highest BCUT2D eigenvalue weighted by molar-refractivity contribution is 7.99. The average molecular weight is 353 g/mol. The Morgan fingerprint density at radius 2 is 2.08 bits per heavy atom. The second-order valence-corrected chi connectivity index (χ2v) is 7.03. The first-order valence-electron chi connectivity index (χ1n) is 8.35. The molecule has 1 saturated carbocycles. The van der Waals surface area contributed by atoms with Gasteiger partial charge in [-0.1, -0.05) is 42.1 Å². The van der Waals surface area contributed by atoms with Crippen LogP contribution < -0.4 is 5.32 Å². The second-order valence-electron chi connectivity index (χ2n) is 6.09. The first-order valence-corrected chi connectivity index (χ1v) is 9.33. The summed E-state index contributed by atoms with van der Waals surface area (Å²) in [6.07, 6.45) is 5.73. The van der Waals surface area contributed by atoms with Crippen molar-refractivity contribution in [1.82, 2.24) is 14.9 Å². The van der Waals surface area contributed by atoms with E-state index in [1.807, 2.05) is 36.5 Å². The van der Waals surface area contributed by atoms with E-state index < -0.39 is 0 Å². The fourth-order valence-corrected chi connectivity index (χ4v) is 3.44. The van der Waals surface area contributed by atoms with Crippen LogP contribution in [-0.4, -0.2) is 27.3 Å². The van der Waals surface area contributed by atoms with Crippen LogP contribution in [0.15, 0.2) is 64.5 Å². The standard InChI is InChI=1S/C19H19N3O2S/c23-18(21-15-8-9-15)13-25-19-20-11-17(14-5-2-1-3-6-14)22(19)12-16-7-4-10-24-16/h1-7,10-11,15H,8-9,12-13H2,(H,21,23). The van der Waals surface area contributed by atoms with Crippen molar-refractivity contribution in [2.45, 2.75) is 30.6 Å². The van der Waals surface area contributed by atoms with E-state index in [9.17, 15) is 4.79 Å². The molecule has 0 radical (unpaired) electrons. The Hall–Kier alpha value is -2.47. The average Bonchev–Trinajstić information content (AvgIpc) is 3.14. The first kappa shape index (κ1) is 16.0. The largest absolute Gasteiger partial charge is 0.467 e. The van der Waals surface area contributed by atoms with Crippen molar-refractivity contribution in [3.8, 4) is 11.3 Å². The third-order valence-corrected chi connectivity index (χ3v) is 5.05. The zero-order valence-electron chi connectivity index (χ0n) is 13.7. The predicted molar refractivity (Wildman–Crippen MR) is 97.4 cm³/mol. The summed E-state index contributed by atoms with van der Waals surface area (Å²) >= 11 is 1.46. The summed E-state index contributed by atoms with van der Waals surface area (Å²) in [5.41, 5.74) is 2.11. The van der Waals surface area contributed by atoms with Crippen LogP contribution >= 0.6 is 11.8 Å². The number of aromatic nitrogens is 2. The minimum atomic E-state index is 0.0707. The lowest BCUT2D eigenvalue weighted by atomic mass is 10.2.